The summed E-state index contributed by atoms with van der Waals surface area (Å²) in [6.45, 7) is 7.98. The van der Waals surface area contributed by atoms with Gasteiger partial charge in [-0.1, -0.05) is 24.6 Å². The molecule has 1 fully saturated rings. The molecule has 2 nitrogen and oxygen atoms in total. The second-order valence-electron chi connectivity index (χ2n) is 6.01. The predicted octanol–water partition coefficient (Wildman–Crippen LogP) is 3.05. The first-order valence-corrected chi connectivity index (χ1v) is 7.31. The van der Waals surface area contributed by atoms with Crippen LogP contribution >= 0.6 is 0 Å². The minimum Gasteiger partial charge on any atom is -0.309 e. The van der Waals surface area contributed by atoms with Gasteiger partial charge >= 0.3 is 0 Å². The minimum atomic E-state index is 0.736. The average Bonchev–Trinajstić information content (AvgIpc) is 2.81. The van der Waals surface area contributed by atoms with Gasteiger partial charge < -0.3 is 5.32 Å². The maximum absolute atomic E-state index is 3.42. The summed E-state index contributed by atoms with van der Waals surface area (Å²) in [7, 11) is 0. The molecule has 2 atom stereocenters. The molecular weight excluding hydrogens is 220 g/mol. The van der Waals surface area contributed by atoms with Gasteiger partial charge in [-0.15, -0.1) is 0 Å². The lowest BCUT2D eigenvalue weighted by atomic mass is 9.96. The smallest absolute Gasteiger partial charge is 0.0239 e. The first-order chi connectivity index (χ1) is 8.74. The molecule has 18 heavy (non-hydrogen) atoms. The lowest BCUT2D eigenvalue weighted by molar-refractivity contribution is 0.0952. The summed E-state index contributed by atoms with van der Waals surface area (Å²) in [5, 5.41) is 3.42. The van der Waals surface area contributed by atoms with E-state index in [-0.39, 0.29) is 0 Å². The van der Waals surface area contributed by atoms with Crippen LogP contribution in [0.1, 0.15) is 49.8 Å². The number of benzene rings is 1. The van der Waals surface area contributed by atoms with Crippen molar-refractivity contribution < 1.29 is 0 Å². The molecule has 0 radical (unpaired) electrons. The zero-order valence-corrected chi connectivity index (χ0v) is 11.6. The molecule has 2 heteroatoms. The number of rotatable bonds is 2. The van der Waals surface area contributed by atoms with Crippen LogP contribution in [0.15, 0.2) is 18.2 Å². The van der Waals surface area contributed by atoms with E-state index in [4.69, 9.17) is 0 Å². The lowest BCUT2D eigenvalue weighted by Crippen LogP contribution is -2.42. The predicted molar refractivity (Wildman–Crippen MR) is 75.3 cm³/mol. The highest BCUT2D eigenvalue weighted by atomic mass is 15.2. The minimum absolute atomic E-state index is 0.736. The van der Waals surface area contributed by atoms with E-state index in [9.17, 15) is 0 Å². The molecular formula is C16H24N2. The highest BCUT2D eigenvalue weighted by molar-refractivity contribution is 5.34. The Morgan fingerprint density at radius 3 is 2.61 bits per heavy atom. The van der Waals surface area contributed by atoms with E-state index >= 15 is 0 Å². The van der Waals surface area contributed by atoms with Crippen LogP contribution in [0.2, 0.25) is 0 Å². The molecule has 1 aromatic rings. The molecule has 1 aromatic carbocycles. The van der Waals surface area contributed by atoms with Crippen LogP contribution in [-0.4, -0.2) is 17.0 Å². The number of likely N-dealkylation sites (tertiary alicyclic amines) is 1. The van der Waals surface area contributed by atoms with Crippen LogP contribution in [0.4, 0.5) is 0 Å². The highest BCUT2D eigenvalue weighted by Crippen LogP contribution is 2.25. The number of hydrogen-bond acceptors (Lipinski definition) is 2. The Morgan fingerprint density at radius 1 is 1.11 bits per heavy atom. The Balaban J connectivity index is 1.75. The number of fused-ring (bicyclic) bond motifs is 1. The summed E-state index contributed by atoms with van der Waals surface area (Å²) in [5.74, 6) is 0. The number of nitrogens with one attached hydrogen (secondary N) is 1. The van der Waals surface area contributed by atoms with Gasteiger partial charge in [0.15, 0.2) is 0 Å². The second-order valence-corrected chi connectivity index (χ2v) is 6.01. The van der Waals surface area contributed by atoms with E-state index < -0.39 is 0 Å². The van der Waals surface area contributed by atoms with Crippen LogP contribution in [0.25, 0.3) is 0 Å². The zero-order valence-electron chi connectivity index (χ0n) is 11.6. The third-order valence-electron chi connectivity index (χ3n) is 4.64. The van der Waals surface area contributed by atoms with Crippen molar-refractivity contribution in [3.05, 3.63) is 34.9 Å². The fourth-order valence-corrected chi connectivity index (χ4v) is 3.44. The maximum atomic E-state index is 3.42. The summed E-state index contributed by atoms with van der Waals surface area (Å²) in [6, 6.07) is 8.51. The van der Waals surface area contributed by atoms with Crippen molar-refractivity contribution in [2.45, 2.75) is 64.8 Å². The molecule has 1 saturated heterocycles. The largest absolute Gasteiger partial charge is 0.309 e. The topological polar surface area (TPSA) is 15.3 Å². The van der Waals surface area contributed by atoms with E-state index in [1.165, 1.54) is 36.0 Å². The molecule has 1 N–H and O–H groups in total. The van der Waals surface area contributed by atoms with Gasteiger partial charge in [-0.25, -0.2) is 0 Å². The second kappa shape index (κ2) is 5.02. The summed E-state index contributed by atoms with van der Waals surface area (Å²) in [6.07, 6.45) is 4.11. The van der Waals surface area contributed by atoms with Crippen LogP contribution in [-0.2, 0) is 19.6 Å². The van der Waals surface area contributed by atoms with E-state index in [0.717, 1.165) is 31.7 Å². The van der Waals surface area contributed by atoms with E-state index in [1.807, 2.05) is 0 Å². The Bertz CT molecular complexity index is 417. The normalized spacial score (nSPS) is 28.3. The lowest BCUT2D eigenvalue weighted by Gasteiger charge is -2.39. The molecule has 0 saturated carbocycles. The fraction of sp³-hybridized carbons (Fsp3) is 0.625. The van der Waals surface area contributed by atoms with Gasteiger partial charge in [-0.05, 0) is 43.4 Å². The third kappa shape index (κ3) is 2.32. The number of piperidine rings is 1. The Kier molecular flexibility index (Phi) is 3.40. The molecule has 98 valence electrons. The van der Waals surface area contributed by atoms with Crippen molar-refractivity contribution in [1.29, 1.82) is 0 Å². The van der Waals surface area contributed by atoms with Gasteiger partial charge in [0.1, 0.15) is 0 Å². The molecule has 0 amide bonds. The van der Waals surface area contributed by atoms with Crippen molar-refractivity contribution in [2.24, 2.45) is 0 Å². The number of hydrogen-bond donors (Lipinski definition) is 1. The van der Waals surface area contributed by atoms with Crippen LogP contribution in [0.5, 0.6) is 0 Å². The zero-order chi connectivity index (χ0) is 12.5. The van der Waals surface area contributed by atoms with Gasteiger partial charge in [-0.2, -0.15) is 0 Å². The van der Waals surface area contributed by atoms with Gasteiger partial charge in [0.05, 0.1) is 0 Å². The molecule has 0 aromatic heterocycles. The summed E-state index contributed by atoms with van der Waals surface area (Å²) in [5.41, 5.74) is 4.47. The molecule has 0 aliphatic carbocycles. The van der Waals surface area contributed by atoms with Crippen LogP contribution in [0, 0.1) is 0 Å². The average molecular weight is 244 g/mol. The van der Waals surface area contributed by atoms with Crippen molar-refractivity contribution in [3.8, 4) is 0 Å². The standard InChI is InChI=1S/C16H24N2/c1-12-4-3-5-13(2)18(12)11-14-6-7-15-9-17-10-16(15)8-14/h6-8,12-13,17H,3-5,9-11H2,1-2H3. The monoisotopic (exact) mass is 244 g/mol. The van der Waals surface area contributed by atoms with Gasteiger partial charge in [0.25, 0.3) is 0 Å². The van der Waals surface area contributed by atoms with E-state index in [2.05, 4.69) is 42.3 Å². The van der Waals surface area contributed by atoms with Gasteiger partial charge in [-0.3, -0.25) is 4.90 Å². The van der Waals surface area contributed by atoms with Crippen molar-refractivity contribution in [1.82, 2.24) is 10.2 Å². The van der Waals surface area contributed by atoms with E-state index in [0.29, 0.717) is 0 Å². The molecule has 2 heterocycles. The van der Waals surface area contributed by atoms with E-state index in [1.54, 1.807) is 0 Å². The fourth-order valence-electron chi connectivity index (χ4n) is 3.44. The number of nitrogens with zero attached hydrogens (tertiary/aromatic N) is 1. The maximum Gasteiger partial charge on any atom is 0.0239 e. The van der Waals surface area contributed by atoms with Gasteiger partial charge in [0.2, 0.25) is 0 Å². The molecule has 0 spiro atoms. The molecule has 2 aliphatic heterocycles. The Morgan fingerprint density at radius 2 is 1.83 bits per heavy atom. The summed E-state index contributed by atoms with van der Waals surface area (Å²) in [4.78, 5) is 2.67. The molecule has 3 rings (SSSR count). The molecule has 0 bridgehead atoms. The Labute approximate surface area is 110 Å². The summed E-state index contributed by atoms with van der Waals surface area (Å²) < 4.78 is 0. The van der Waals surface area contributed by atoms with Gasteiger partial charge in [0, 0.05) is 31.7 Å². The third-order valence-corrected chi connectivity index (χ3v) is 4.64. The van der Waals surface area contributed by atoms with Crippen molar-refractivity contribution in [2.75, 3.05) is 0 Å². The Hall–Kier alpha value is -0.860. The first kappa shape index (κ1) is 12.2. The molecule has 2 aliphatic rings. The quantitative estimate of drug-likeness (QED) is 0.860. The first-order valence-electron chi connectivity index (χ1n) is 7.31. The summed E-state index contributed by atoms with van der Waals surface area (Å²) >= 11 is 0. The highest BCUT2D eigenvalue weighted by Gasteiger charge is 2.24. The van der Waals surface area contributed by atoms with Crippen molar-refractivity contribution in [3.63, 3.8) is 0 Å². The van der Waals surface area contributed by atoms with Crippen LogP contribution in [0.3, 0.4) is 0 Å². The molecule has 2 unspecified atom stereocenters. The van der Waals surface area contributed by atoms with Crippen LogP contribution < -0.4 is 5.32 Å². The SMILES string of the molecule is CC1CCCC(C)N1Cc1ccc2c(c1)CNC2. The van der Waals surface area contributed by atoms with Crippen molar-refractivity contribution >= 4 is 0 Å².